The molecule has 1 aromatic carbocycles. The summed E-state index contributed by atoms with van der Waals surface area (Å²) in [6.45, 7) is 0.604. The summed E-state index contributed by atoms with van der Waals surface area (Å²) in [5.41, 5.74) is 5.73. The Labute approximate surface area is 137 Å². The van der Waals surface area contributed by atoms with Gasteiger partial charge in [-0.15, -0.1) is 12.4 Å². The Morgan fingerprint density at radius 3 is 2.45 bits per heavy atom. The Kier molecular flexibility index (Phi) is 6.25. The molecule has 0 saturated carbocycles. The van der Waals surface area contributed by atoms with Gasteiger partial charge >= 0.3 is 0 Å². The van der Waals surface area contributed by atoms with E-state index in [2.05, 4.69) is 15.9 Å². The quantitative estimate of drug-likeness (QED) is 0.766. The molecule has 9 heteroatoms. The SMILES string of the molecule is Cl.NC1CCN(S(=O)(=O)c2cc(Cl)c(Br)cc2F)CC1. The maximum Gasteiger partial charge on any atom is 0.246 e. The molecular weight excluding hydrogens is 394 g/mol. The number of nitrogens with zero attached hydrogens (tertiary/aromatic N) is 1. The van der Waals surface area contributed by atoms with Gasteiger partial charge in [-0.05, 0) is 40.9 Å². The van der Waals surface area contributed by atoms with Crippen LogP contribution in [0.1, 0.15) is 12.8 Å². The summed E-state index contributed by atoms with van der Waals surface area (Å²) in [5, 5.41) is 0.161. The topological polar surface area (TPSA) is 63.4 Å². The number of piperidine rings is 1. The van der Waals surface area contributed by atoms with Crippen LogP contribution in [-0.4, -0.2) is 31.9 Å². The molecule has 114 valence electrons. The number of hydrogen-bond acceptors (Lipinski definition) is 3. The maximum atomic E-state index is 13.8. The van der Waals surface area contributed by atoms with Crippen LogP contribution >= 0.6 is 39.9 Å². The third kappa shape index (κ3) is 3.64. The molecule has 1 aliphatic rings. The fourth-order valence-electron chi connectivity index (χ4n) is 1.96. The van der Waals surface area contributed by atoms with E-state index in [1.165, 1.54) is 4.31 Å². The summed E-state index contributed by atoms with van der Waals surface area (Å²) in [4.78, 5) is -0.392. The smallest absolute Gasteiger partial charge is 0.246 e. The van der Waals surface area contributed by atoms with Gasteiger partial charge in [0.05, 0.1) is 5.02 Å². The van der Waals surface area contributed by atoms with Crippen molar-refractivity contribution in [2.45, 2.75) is 23.8 Å². The van der Waals surface area contributed by atoms with Gasteiger partial charge < -0.3 is 5.73 Å². The van der Waals surface area contributed by atoms with Crippen LogP contribution in [0.5, 0.6) is 0 Å². The normalized spacial score (nSPS) is 17.8. The van der Waals surface area contributed by atoms with Crippen LogP contribution < -0.4 is 5.73 Å². The van der Waals surface area contributed by atoms with E-state index in [0.29, 0.717) is 30.4 Å². The van der Waals surface area contributed by atoms with Crippen molar-refractivity contribution in [1.82, 2.24) is 4.31 Å². The molecule has 20 heavy (non-hydrogen) atoms. The van der Waals surface area contributed by atoms with Crippen LogP contribution in [0.4, 0.5) is 4.39 Å². The fraction of sp³-hybridized carbons (Fsp3) is 0.455. The summed E-state index contributed by atoms with van der Waals surface area (Å²) < 4.78 is 40.1. The minimum Gasteiger partial charge on any atom is -0.328 e. The van der Waals surface area contributed by atoms with Crippen molar-refractivity contribution in [2.75, 3.05) is 13.1 Å². The lowest BCUT2D eigenvalue weighted by molar-refractivity contribution is 0.319. The first-order valence-electron chi connectivity index (χ1n) is 5.72. The van der Waals surface area contributed by atoms with Crippen molar-refractivity contribution in [1.29, 1.82) is 0 Å². The van der Waals surface area contributed by atoms with Gasteiger partial charge in [-0.25, -0.2) is 12.8 Å². The van der Waals surface area contributed by atoms with Gasteiger partial charge in [-0.3, -0.25) is 0 Å². The van der Waals surface area contributed by atoms with Crippen molar-refractivity contribution in [3.63, 3.8) is 0 Å². The Balaban J connectivity index is 0.00000200. The lowest BCUT2D eigenvalue weighted by Crippen LogP contribution is -2.43. The molecule has 1 fully saturated rings. The number of sulfonamides is 1. The number of halogens is 4. The van der Waals surface area contributed by atoms with E-state index in [9.17, 15) is 12.8 Å². The molecule has 2 N–H and O–H groups in total. The van der Waals surface area contributed by atoms with Crippen molar-refractivity contribution >= 4 is 50.0 Å². The minimum absolute atomic E-state index is 0. The van der Waals surface area contributed by atoms with Crippen molar-refractivity contribution in [2.24, 2.45) is 5.73 Å². The molecular formula is C11H14BrCl2FN2O2S. The molecule has 0 aliphatic carbocycles. The number of benzene rings is 1. The first kappa shape index (κ1) is 18.1. The van der Waals surface area contributed by atoms with Gasteiger partial charge in [0.1, 0.15) is 10.7 Å². The van der Waals surface area contributed by atoms with E-state index < -0.39 is 20.7 Å². The zero-order valence-corrected chi connectivity index (χ0v) is 14.3. The lowest BCUT2D eigenvalue weighted by Gasteiger charge is -2.29. The molecule has 0 amide bonds. The molecule has 0 aromatic heterocycles. The molecule has 2 rings (SSSR count). The standard InChI is InChI=1S/C11H13BrClFN2O2S.ClH/c12-8-5-10(14)11(6-9(8)13)19(17,18)16-3-1-7(15)2-4-16;/h5-7H,1-4,15H2;1H. The largest absolute Gasteiger partial charge is 0.328 e. The number of nitrogens with two attached hydrogens (primary N) is 1. The molecule has 0 atom stereocenters. The maximum absolute atomic E-state index is 13.8. The van der Waals surface area contributed by atoms with Crippen LogP contribution in [0, 0.1) is 5.82 Å². The Morgan fingerprint density at radius 2 is 1.90 bits per heavy atom. The van der Waals surface area contributed by atoms with Gasteiger partial charge in [-0.2, -0.15) is 4.31 Å². The van der Waals surface area contributed by atoms with E-state index in [4.69, 9.17) is 17.3 Å². The Bertz CT molecular complexity index is 592. The summed E-state index contributed by atoms with van der Waals surface area (Å²) in [6.07, 6.45) is 1.15. The van der Waals surface area contributed by atoms with Crippen LogP contribution in [-0.2, 0) is 10.0 Å². The fourth-order valence-corrected chi connectivity index (χ4v) is 4.04. The number of hydrogen-bond donors (Lipinski definition) is 1. The highest BCUT2D eigenvalue weighted by Gasteiger charge is 2.31. The van der Waals surface area contributed by atoms with Gasteiger partial charge in [0.2, 0.25) is 10.0 Å². The van der Waals surface area contributed by atoms with Crippen LogP contribution in [0.3, 0.4) is 0 Å². The third-order valence-electron chi connectivity index (χ3n) is 3.09. The molecule has 1 saturated heterocycles. The van der Waals surface area contributed by atoms with Crippen LogP contribution in [0.25, 0.3) is 0 Å². The van der Waals surface area contributed by atoms with E-state index >= 15 is 0 Å². The second-order valence-corrected chi connectivity index (χ2v) is 7.61. The monoisotopic (exact) mass is 406 g/mol. The molecule has 1 aromatic rings. The van der Waals surface area contributed by atoms with Gasteiger partial charge in [0.25, 0.3) is 0 Å². The third-order valence-corrected chi connectivity index (χ3v) is 6.20. The summed E-state index contributed by atoms with van der Waals surface area (Å²) >= 11 is 8.89. The highest BCUT2D eigenvalue weighted by atomic mass is 79.9. The zero-order chi connectivity index (χ0) is 14.2. The van der Waals surface area contributed by atoms with E-state index in [1.54, 1.807) is 0 Å². The molecule has 4 nitrogen and oxygen atoms in total. The number of rotatable bonds is 2. The van der Waals surface area contributed by atoms with E-state index in [-0.39, 0.29) is 23.5 Å². The van der Waals surface area contributed by atoms with Gasteiger partial charge in [0, 0.05) is 23.6 Å². The minimum atomic E-state index is -3.86. The van der Waals surface area contributed by atoms with Crippen LogP contribution in [0.15, 0.2) is 21.5 Å². The molecule has 0 unspecified atom stereocenters. The van der Waals surface area contributed by atoms with Crippen molar-refractivity contribution < 1.29 is 12.8 Å². The van der Waals surface area contributed by atoms with Crippen molar-refractivity contribution in [3.05, 3.63) is 27.4 Å². The predicted octanol–water partition coefficient (Wildman–Crippen LogP) is 2.78. The summed E-state index contributed by atoms with van der Waals surface area (Å²) in [7, 11) is -3.86. The first-order chi connectivity index (χ1) is 8.82. The van der Waals surface area contributed by atoms with Crippen LogP contribution in [0.2, 0.25) is 5.02 Å². The van der Waals surface area contributed by atoms with Crippen molar-refractivity contribution in [3.8, 4) is 0 Å². The average molecular weight is 408 g/mol. The summed E-state index contributed by atoms with van der Waals surface area (Å²) in [6, 6.07) is 2.19. The molecule has 1 aliphatic heterocycles. The molecule has 0 radical (unpaired) electrons. The first-order valence-corrected chi connectivity index (χ1v) is 8.33. The van der Waals surface area contributed by atoms with Gasteiger partial charge in [-0.1, -0.05) is 11.6 Å². The lowest BCUT2D eigenvalue weighted by atomic mass is 10.1. The predicted molar refractivity (Wildman–Crippen MR) is 82.3 cm³/mol. The Morgan fingerprint density at radius 1 is 1.35 bits per heavy atom. The Hall–Kier alpha value is 0.0800. The zero-order valence-electron chi connectivity index (χ0n) is 10.4. The molecule has 0 bridgehead atoms. The molecule has 0 spiro atoms. The van der Waals surface area contributed by atoms with Gasteiger partial charge in [0.15, 0.2) is 0 Å². The second-order valence-electron chi connectivity index (χ2n) is 4.44. The summed E-state index contributed by atoms with van der Waals surface area (Å²) in [5.74, 6) is -0.814. The highest BCUT2D eigenvalue weighted by molar-refractivity contribution is 9.10. The molecule has 1 heterocycles. The van der Waals surface area contributed by atoms with E-state index in [0.717, 1.165) is 12.1 Å². The highest BCUT2D eigenvalue weighted by Crippen LogP contribution is 2.30. The second kappa shape index (κ2) is 6.89. The van der Waals surface area contributed by atoms with E-state index in [1.807, 2.05) is 0 Å². The average Bonchev–Trinajstić information content (AvgIpc) is 2.34.